The summed E-state index contributed by atoms with van der Waals surface area (Å²) in [6.45, 7) is 7.73. The van der Waals surface area contributed by atoms with Gasteiger partial charge >= 0.3 is 0 Å². The highest BCUT2D eigenvalue weighted by atomic mass is 32.1. The molecule has 2 N–H and O–H groups in total. The van der Waals surface area contributed by atoms with Gasteiger partial charge in [-0.3, -0.25) is 9.78 Å². The Kier molecular flexibility index (Phi) is 7.14. The van der Waals surface area contributed by atoms with Crippen LogP contribution in [0.25, 0.3) is 5.69 Å². The summed E-state index contributed by atoms with van der Waals surface area (Å²) in [4.78, 5) is 19.5. The molecular weight excluding hydrogens is 506 g/mol. The number of aromatic nitrogens is 2. The number of pyridine rings is 1. The number of amides is 1. The highest BCUT2D eigenvalue weighted by Gasteiger charge is 2.42. The Hall–Kier alpha value is -4.17. The second-order valence-electron chi connectivity index (χ2n) is 10.7. The zero-order valence-corrected chi connectivity index (χ0v) is 23.6. The van der Waals surface area contributed by atoms with E-state index in [0.29, 0.717) is 16.5 Å². The van der Waals surface area contributed by atoms with Crippen LogP contribution in [-0.4, -0.2) is 27.7 Å². The molecule has 1 aliphatic rings. The average Bonchev–Trinajstić information content (AvgIpc) is 3.53. The van der Waals surface area contributed by atoms with Gasteiger partial charge in [0.05, 0.1) is 24.5 Å². The summed E-state index contributed by atoms with van der Waals surface area (Å²) in [7, 11) is 1.60. The Morgan fingerprint density at radius 3 is 2.54 bits per heavy atom. The monoisotopic (exact) mass is 539 g/mol. The van der Waals surface area contributed by atoms with Crippen LogP contribution in [-0.2, 0) is 4.79 Å². The summed E-state index contributed by atoms with van der Waals surface area (Å²) < 4.78 is 7.92. The Balaban J connectivity index is 1.61. The van der Waals surface area contributed by atoms with Crippen molar-refractivity contribution in [1.29, 1.82) is 0 Å². The van der Waals surface area contributed by atoms with Crippen LogP contribution in [0.2, 0.25) is 0 Å². The number of nitrogens with zero attached hydrogens (tertiary/aromatic N) is 3. The SMILES string of the molecule is COc1cc(N2C(=S)N[C@@H](c3ccccn3)[C@H]2c2cccn2-c2cccc(C)c2)ccc1NC(=O)C(C)(C)C. The van der Waals surface area contributed by atoms with Gasteiger partial charge in [-0.2, -0.15) is 0 Å². The molecule has 1 aliphatic heterocycles. The molecular formula is C31H33N5O2S. The van der Waals surface area contributed by atoms with Gasteiger partial charge in [-0.15, -0.1) is 0 Å². The van der Waals surface area contributed by atoms with E-state index in [4.69, 9.17) is 17.0 Å². The van der Waals surface area contributed by atoms with E-state index in [2.05, 4.69) is 74.6 Å². The van der Waals surface area contributed by atoms with Crippen molar-refractivity contribution in [2.24, 2.45) is 5.41 Å². The number of thiocarbonyl (C=S) groups is 1. The molecule has 0 radical (unpaired) electrons. The molecule has 5 rings (SSSR count). The topological polar surface area (TPSA) is 71.4 Å². The van der Waals surface area contributed by atoms with E-state index < -0.39 is 5.41 Å². The van der Waals surface area contributed by atoms with Gasteiger partial charge in [0.1, 0.15) is 11.8 Å². The molecule has 0 unspecified atom stereocenters. The molecule has 2 atom stereocenters. The first-order valence-electron chi connectivity index (χ1n) is 12.9. The molecule has 0 spiro atoms. The maximum atomic E-state index is 12.7. The van der Waals surface area contributed by atoms with E-state index in [0.717, 1.165) is 22.8 Å². The first-order chi connectivity index (χ1) is 18.7. The maximum Gasteiger partial charge on any atom is 0.229 e. The first-order valence-corrected chi connectivity index (χ1v) is 13.3. The lowest BCUT2D eigenvalue weighted by molar-refractivity contribution is -0.123. The molecule has 1 amide bonds. The molecule has 3 heterocycles. The second kappa shape index (κ2) is 10.5. The molecule has 0 bridgehead atoms. The highest BCUT2D eigenvalue weighted by molar-refractivity contribution is 7.80. The number of benzene rings is 2. The van der Waals surface area contributed by atoms with Crippen LogP contribution in [0.1, 0.15) is 49.8 Å². The maximum absolute atomic E-state index is 12.7. The molecule has 0 aliphatic carbocycles. The van der Waals surface area contributed by atoms with Crippen LogP contribution in [0.15, 0.2) is 85.2 Å². The summed E-state index contributed by atoms with van der Waals surface area (Å²) in [6.07, 6.45) is 3.87. The quantitative estimate of drug-likeness (QED) is 0.278. The summed E-state index contributed by atoms with van der Waals surface area (Å²) in [5.41, 5.74) is 5.14. The number of carbonyl (C=O) groups excluding carboxylic acids is 1. The van der Waals surface area contributed by atoms with E-state index in [1.54, 1.807) is 13.3 Å². The minimum absolute atomic E-state index is 0.0871. The van der Waals surface area contributed by atoms with E-state index in [1.807, 2.05) is 57.2 Å². The number of nitrogens with one attached hydrogen (secondary N) is 2. The molecule has 8 heteroatoms. The molecule has 1 fully saturated rings. The second-order valence-corrected chi connectivity index (χ2v) is 11.1. The van der Waals surface area contributed by atoms with Gasteiger partial charge < -0.3 is 24.8 Å². The lowest BCUT2D eigenvalue weighted by Crippen LogP contribution is -2.30. The molecule has 39 heavy (non-hydrogen) atoms. The van der Waals surface area contributed by atoms with Crippen molar-refractivity contribution >= 4 is 34.6 Å². The minimum atomic E-state index is -0.535. The summed E-state index contributed by atoms with van der Waals surface area (Å²) >= 11 is 5.93. The van der Waals surface area contributed by atoms with Crippen LogP contribution in [0.4, 0.5) is 11.4 Å². The molecule has 2 aromatic heterocycles. The standard InChI is InChI=1S/C31H33N5O2S/c1-20-10-8-11-21(18-20)35-17-9-13-25(35)28-27(24-12-6-7-16-32-24)34-30(39)36(28)22-14-15-23(26(19-22)38-5)33-29(37)31(2,3)4/h6-19,27-28H,1-5H3,(H,33,37)(H,34,39)/t27-,28+/m0/s1. The zero-order valence-electron chi connectivity index (χ0n) is 22.8. The highest BCUT2D eigenvalue weighted by Crippen LogP contribution is 2.44. The third-order valence-electron chi connectivity index (χ3n) is 6.85. The van der Waals surface area contributed by atoms with Crippen molar-refractivity contribution in [3.63, 3.8) is 0 Å². The van der Waals surface area contributed by atoms with E-state index >= 15 is 0 Å². The Morgan fingerprint density at radius 2 is 1.85 bits per heavy atom. The fourth-order valence-electron chi connectivity index (χ4n) is 4.82. The van der Waals surface area contributed by atoms with Crippen LogP contribution in [0, 0.1) is 12.3 Å². The number of hydrogen-bond donors (Lipinski definition) is 2. The fraction of sp³-hybridized carbons (Fsp3) is 0.258. The van der Waals surface area contributed by atoms with Crippen molar-refractivity contribution in [3.8, 4) is 11.4 Å². The molecule has 4 aromatic rings. The normalized spacial score (nSPS) is 17.2. The van der Waals surface area contributed by atoms with Crippen LogP contribution >= 0.6 is 12.2 Å². The largest absolute Gasteiger partial charge is 0.494 e. The third-order valence-corrected chi connectivity index (χ3v) is 7.17. The summed E-state index contributed by atoms with van der Waals surface area (Å²) in [6, 6.07) is 23.9. The number of hydrogen-bond acceptors (Lipinski definition) is 4. The number of rotatable bonds is 6. The number of methoxy groups -OCH3 is 1. The minimum Gasteiger partial charge on any atom is -0.494 e. The molecule has 1 saturated heterocycles. The van der Waals surface area contributed by atoms with Crippen LogP contribution < -0.4 is 20.3 Å². The lowest BCUT2D eigenvalue weighted by Gasteiger charge is -2.29. The predicted molar refractivity (Wildman–Crippen MR) is 160 cm³/mol. The van der Waals surface area contributed by atoms with E-state index in [9.17, 15) is 4.79 Å². The van der Waals surface area contributed by atoms with Gasteiger partial charge in [0.2, 0.25) is 5.91 Å². The number of carbonyl (C=O) groups is 1. The van der Waals surface area contributed by atoms with Gasteiger partial charge in [-0.1, -0.05) is 39.0 Å². The molecule has 7 nitrogen and oxygen atoms in total. The molecule has 2 aromatic carbocycles. The summed E-state index contributed by atoms with van der Waals surface area (Å²) in [5, 5.41) is 7.10. The Labute approximate surface area is 234 Å². The van der Waals surface area contributed by atoms with Crippen molar-refractivity contribution in [3.05, 3.63) is 102 Å². The van der Waals surface area contributed by atoms with Crippen molar-refractivity contribution in [2.75, 3.05) is 17.3 Å². The third kappa shape index (κ3) is 5.25. The van der Waals surface area contributed by atoms with Crippen molar-refractivity contribution < 1.29 is 9.53 Å². The number of aryl methyl sites for hydroxylation is 1. The average molecular weight is 540 g/mol. The summed E-state index contributed by atoms with van der Waals surface area (Å²) in [5.74, 6) is 0.470. The first kappa shape index (κ1) is 26.4. The molecule has 0 saturated carbocycles. The zero-order chi connectivity index (χ0) is 27.7. The van der Waals surface area contributed by atoms with Gasteiger partial charge in [-0.05, 0) is 73.2 Å². The van der Waals surface area contributed by atoms with Crippen molar-refractivity contribution in [1.82, 2.24) is 14.9 Å². The fourth-order valence-corrected chi connectivity index (χ4v) is 5.17. The van der Waals surface area contributed by atoms with Crippen molar-refractivity contribution in [2.45, 2.75) is 39.8 Å². The Morgan fingerprint density at radius 1 is 1.03 bits per heavy atom. The van der Waals surface area contributed by atoms with Gasteiger partial charge in [0.15, 0.2) is 5.11 Å². The number of ether oxygens (including phenoxy) is 1. The van der Waals surface area contributed by atoms with Gasteiger partial charge in [0, 0.05) is 40.9 Å². The molecule has 200 valence electrons. The predicted octanol–water partition coefficient (Wildman–Crippen LogP) is 6.35. The van der Waals surface area contributed by atoms with E-state index in [1.165, 1.54) is 5.56 Å². The lowest BCUT2D eigenvalue weighted by atomic mass is 9.95. The van der Waals surface area contributed by atoms with Gasteiger partial charge in [0.25, 0.3) is 0 Å². The van der Waals surface area contributed by atoms with Gasteiger partial charge in [-0.25, -0.2) is 0 Å². The van der Waals surface area contributed by atoms with Crippen LogP contribution in [0.5, 0.6) is 5.75 Å². The smallest absolute Gasteiger partial charge is 0.229 e. The van der Waals surface area contributed by atoms with Crippen LogP contribution in [0.3, 0.4) is 0 Å². The van der Waals surface area contributed by atoms with E-state index in [-0.39, 0.29) is 18.0 Å². The Bertz CT molecular complexity index is 1510. The number of anilines is 2.